The van der Waals surface area contributed by atoms with Crippen LogP contribution in [0.25, 0.3) is 10.9 Å². The maximum absolute atomic E-state index is 14.2. The maximum atomic E-state index is 14.2. The van der Waals surface area contributed by atoms with Gasteiger partial charge in [-0.2, -0.15) is 4.31 Å². The summed E-state index contributed by atoms with van der Waals surface area (Å²) < 4.78 is 41.8. The highest BCUT2D eigenvalue weighted by Gasteiger charge is 2.36. The van der Waals surface area contributed by atoms with Gasteiger partial charge in [-0.3, -0.25) is 4.98 Å². The van der Waals surface area contributed by atoms with Gasteiger partial charge < -0.3 is 9.47 Å². The summed E-state index contributed by atoms with van der Waals surface area (Å²) >= 11 is 0. The number of methoxy groups -OCH3 is 1. The zero-order valence-corrected chi connectivity index (χ0v) is 19.9. The van der Waals surface area contributed by atoms with Crippen molar-refractivity contribution in [3.05, 3.63) is 90.2 Å². The minimum Gasteiger partial charge on any atom is -0.496 e. The Balaban J connectivity index is 1.61. The number of benzene rings is 2. The van der Waals surface area contributed by atoms with Gasteiger partial charge in [-0.25, -0.2) is 8.42 Å². The number of fused-ring (bicyclic) bond motifs is 2. The van der Waals surface area contributed by atoms with Gasteiger partial charge in [0.2, 0.25) is 10.0 Å². The summed E-state index contributed by atoms with van der Waals surface area (Å²) in [6, 6.07) is 14.4. The summed E-state index contributed by atoms with van der Waals surface area (Å²) in [5.74, 6) is 0.964. The number of pyridine rings is 1. The Morgan fingerprint density at radius 2 is 1.97 bits per heavy atom. The molecule has 0 saturated carbocycles. The Morgan fingerprint density at radius 3 is 2.79 bits per heavy atom. The third kappa shape index (κ3) is 4.39. The highest BCUT2D eigenvalue weighted by atomic mass is 32.2. The standard InChI is InChI=1S/C27H28N2O4S/c1-32-25-13-5-11-22-17-29(23(18-33-19-24(22)25)16-20-8-3-2-4-9-20)34(30,31)26-14-6-10-21-12-7-15-28-27(21)26/h2-8,10-15,20,23H,9,16-19H2,1H3. The van der Waals surface area contributed by atoms with Gasteiger partial charge in [0.25, 0.3) is 0 Å². The molecule has 2 unspecified atom stereocenters. The van der Waals surface area contributed by atoms with Gasteiger partial charge in [0, 0.05) is 29.7 Å². The summed E-state index contributed by atoms with van der Waals surface area (Å²) in [6.07, 6.45) is 11.5. The van der Waals surface area contributed by atoms with E-state index in [2.05, 4.69) is 17.1 Å². The van der Waals surface area contributed by atoms with Crippen molar-refractivity contribution in [3.8, 4) is 5.75 Å². The summed E-state index contributed by atoms with van der Waals surface area (Å²) in [7, 11) is -2.26. The van der Waals surface area contributed by atoms with Crippen LogP contribution in [0.3, 0.4) is 0 Å². The van der Waals surface area contributed by atoms with Crippen LogP contribution in [0.1, 0.15) is 24.0 Å². The Labute approximate surface area is 200 Å². The lowest BCUT2D eigenvalue weighted by atomic mass is 9.93. The van der Waals surface area contributed by atoms with Gasteiger partial charge in [0.05, 0.1) is 25.8 Å². The van der Waals surface area contributed by atoms with E-state index in [4.69, 9.17) is 9.47 Å². The number of rotatable bonds is 5. The molecule has 0 saturated heterocycles. The molecule has 3 aromatic rings. The predicted molar refractivity (Wildman–Crippen MR) is 132 cm³/mol. The molecular weight excluding hydrogens is 448 g/mol. The molecule has 2 atom stereocenters. The van der Waals surface area contributed by atoms with E-state index in [0.717, 1.165) is 22.9 Å². The summed E-state index contributed by atoms with van der Waals surface area (Å²) in [5, 5.41) is 0.797. The van der Waals surface area contributed by atoms with Crippen molar-refractivity contribution in [2.24, 2.45) is 5.92 Å². The Bertz CT molecular complexity index is 1340. The number of hydrogen-bond acceptors (Lipinski definition) is 5. The van der Waals surface area contributed by atoms with Gasteiger partial charge in [-0.15, -0.1) is 0 Å². The molecule has 0 spiro atoms. The van der Waals surface area contributed by atoms with Crippen molar-refractivity contribution in [3.63, 3.8) is 0 Å². The molecule has 2 aromatic carbocycles. The SMILES string of the molecule is COc1cccc2c1COCC(CC1C=CC=CC1)N(S(=O)(=O)c1cccc3cccnc13)C2. The average Bonchev–Trinajstić information content (AvgIpc) is 2.86. The number of aromatic nitrogens is 1. The molecule has 0 N–H and O–H groups in total. The van der Waals surface area contributed by atoms with Crippen LogP contribution in [0.15, 0.2) is 83.9 Å². The highest BCUT2D eigenvalue weighted by molar-refractivity contribution is 7.89. The second-order valence-corrected chi connectivity index (χ2v) is 10.6. The van der Waals surface area contributed by atoms with Gasteiger partial charge in [-0.05, 0) is 42.5 Å². The van der Waals surface area contributed by atoms with Crippen molar-refractivity contribution < 1.29 is 17.9 Å². The number of para-hydroxylation sites is 1. The Morgan fingerprint density at radius 1 is 1.12 bits per heavy atom. The van der Waals surface area contributed by atoms with Crippen LogP contribution in [0.2, 0.25) is 0 Å². The molecule has 1 aliphatic carbocycles. The average molecular weight is 477 g/mol. The molecule has 34 heavy (non-hydrogen) atoms. The van der Waals surface area contributed by atoms with E-state index in [1.54, 1.807) is 29.7 Å². The monoisotopic (exact) mass is 476 g/mol. The van der Waals surface area contributed by atoms with Gasteiger partial charge >= 0.3 is 0 Å². The third-order valence-corrected chi connectivity index (χ3v) is 8.50. The van der Waals surface area contributed by atoms with Gasteiger partial charge in [0.15, 0.2) is 0 Å². The van der Waals surface area contributed by atoms with Gasteiger partial charge in [0.1, 0.15) is 10.6 Å². The van der Waals surface area contributed by atoms with Gasteiger partial charge in [-0.1, -0.05) is 54.6 Å². The fourth-order valence-electron chi connectivity index (χ4n) is 4.83. The zero-order chi connectivity index (χ0) is 23.5. The Hall–Kier alpha value is -3.00. The molecule has 0 amide bonds. The van der Waals surface area contributed by atoms with E-state index >= 15 is 0 Å². The zero-order valence-electron chi connectivity index (χ0n) is 19.1. The lowest BCUT2D eigenvalue weighted by molar-refractivity contribution is 0.0592. The molecule has 0 bridgehead atoms. The van der Waals surface area contributed by atoms with E-state index in [0.29, 0.717) is 30.9 Å². The smallest absolute Gasteiger partial charge is 0.245 e. The molecule has 1 aliphatic heterocycles. The first-order chi connectivity index (χ1) is 16.6. The largest absolute Gasteiger partial charge is 0.496 e. The van der Waals surface area contributed by atoms with E-state index in [9.17, 15) is 8.42 Å². The molecule has 2 aliphatic rings. The van der Waals surface area contributed by atoms with Crippen LogP contribution in [0, 0.1) is 5.92 Å². The number of allylic oxidation sites excluding steroid dienone is 4. The topological polar surface area (TPSA) is 68.7 Å². The first kappa shape index (κ1) is 22.8. The Kier molecular flexibility index (Phi) is 6.50. The van der Waals surface area contributed by atoms with Crippen LogP contribution in [0.5, 0.6) is 5.75 Å². The van der Waals surface area contributed by atoms with E-state index in [1.165, 1.54) is 0 Å². The van der Waals surface area contributed by atoms with E-state index in [1.807, 2.05) is 48.6 Å². The molecule has 176 valence electrons. The van der Waals surface area contributed by atoms with Crippen LogP contribution in [-0.2, 0) is 27.9 Å². The summed E-state index contributed by atoms with van der Waals surface area (Å²) in [5.41, 5.74) is 2.26. The van der Waals surface area contributed by atoms with Crippen molar-refractivity contribution in [1.29, 1.82) is 0 Å². The fraction of sp³-hybridized carbons (Fsp3) is 0.296. The first-order valence-electron chi connectivity index (χ1n) is 11.5. The van der Waals surface area contributed by atoms with E-state index in [-0.39, 0.29) is 23.4 Å². The second-order valence-electron chi connectivity index (χ2n) is 8.69. The van der Waals surface area contributed by atoms with Crippen molar-refractivity contribution >= 4 is 20.9 Å². The summed E-state index contributed by atoms with van der Waals surface area (Å²) in [6.45, 7) is 0.946. The van der Waals surface area contributed by atoms with Crippen LogP contribution >= 0.6 is 0 Å². The number of ether oxygens (including phenoxy) is 2. The van der Waals surface area contributed by atoms with Crippen molar-refractivity contribution in [2.45, 2.75) is 36.9 Å². The lowest BCUT2D eigenvalue weighted by Crippen LogP contribution is -2.44. The number of nitrogens with zero attached hydrogens (tertiary/aromatic N) is 2. The minimum atomic E-state index is -3.88. The second kappa shape index (κ2) is 9.70. The predicted octanol–water partition coefficient (Wildman–Crippen LogP) is 4.86. The third-order valence-electron chi connectivity index (χ3n) is 6.57. The number of hydrogen-bond donors (Lipinski definition) is 0. The maximum Gasteiger partial charge on any atom is 0.245 e. The molecule has 5 rings (SSSR count). The summed E-state index contributed by atoms with van der Waals surface area (Å²) in [4.78, 5) is 4.64. The normalized spacial score (nSPS) is 21.1. The number of sulfonamides is 1. The first-order valence-corrected chi connectivity index (χ1v) is 12.9. The van der Waals surface area contributed by atoms with Crippen LogP contribution in [0.4, 0.5) is 0 Å². The highest BCUT2D eigenvalue weighted by Crippen LogP contribution is 2.34. The lowest BCUT2D eigenvalue weighted by Gasteiger charge is -2.35. The molecular formula is C27H28N2O4S. The molecule has 1 aromatic heterocycles. The molecule has 7 heteroatoms. The van der Waals surface area contributed by atoms with Crippen molar-refractivity contribution in [2.75, 3.05) is 13.7 Å². The van der Waals surface area contributed by atoms with Crippen LogP contribution in [-0.4, -0.2) is 37.5 Å². The van der Waals surface area contributed by atoms with Crippen LogP contribution < -0.4 is 4.74 Å². The molecule has 2 heterocycles. The molecule has 0 radical (unpaired) electrons. The van der Waals surface area contributed by atoms with E-state index < -0.39 is 10.0 Å². The fourth-order valence-corrected chi connectivity index (χ4v) is 6.59. The molecule has 0 fully saturated rings. The quantitative estimate of drug-likeness (QED) is 0.526. The molecule has 6 nitrogen and oxygen atoms in total. The minimum absolute atomic E-state index is 0.222. The van der Waals surface area contributed by atoms with Crippen molar-refractivity contribution in [1.82, 2.24) is 9.29 Å².